The fourth-order valence-corrected chi connectivity index (χ4v) is 2.78. The minimum atomic E-state index is -0.302. The van der Waals surface area contributed by atoms with Crippen LogP contribution in [-0.4, -0.2) is 20.6 Å². The first-order valence-corrected chi connectivity index (χ1v) is 6.90. The molecule has 19 heavy (non-hydrogen) atoms. The molecule has 2 aromatic rings. The predicted molar refractivity (Wildman–Crippen MR) is 72.5 cm³/mol. The minimum absolute atomic E-state index is 0.302. The van der Waals surface area contributed by atoms with Crippen LogP contribution in [-0.2, 0) is 0 Å². The van der Waals surface area contributed by atoms with Gasteiger partial charge in [-0.25, -0.2) is 8.91 Å². The van der Waals surface area contributed by atoms with E-state index in [9.17, 15) is 4.39 Å². The molecule has 0 aromatic carbocycles. The molecule has 0 radical (unpaired) electrons. The number of rotatable bonds is 2. The van der Waals surface area contributed by atoms with Crippen LogP contribution in [0.25, 0.3) is 5.65 Å². The van der Waals surface area contributed by atoms with Crippen molar-refractivity contribution in [3.05, 3.63) is 24.1 Å². The van der Waals surface area contributed by atoms with Crippen molar-refractivity contribution in [3.8, 4) is 0 Å². The van der Waals surface area contributed by atoms with Crippen LogP contribution in [0.3, 0.4) is 0 Å². The zero-order chi connectivity index (χ0) is 13.4. The molecule has 0 saturated heterocycles. The highest BCUT2D eigenvalue weighted by Gasteiger charge is 2.25. The van der Waals surface area contributed by atoms with Crippen molar-refractivity contribution in [3.63, 3.8) is 0 Å². The largest absolute Gasteiger partial charge is 0.350 e. The van der Waals surface area contributed by atoms with Crippen LogP contribution in [0, 0.1) is 17.7 Å². The van der Waals surface area contributed by atoms with Gasteiger partial charge >= 0.3 is 0 Å². The smallest absolute Gasteiger partial charge is 0.243 e. The lowest BCUT2D eigenvalue weighted by Gasteiger charge is -2.32. The lowest BCUT2D eigenvalue weighted by atomic mass is 9.79. The van der Waals surface area contributed by atoms with E-state index in [2.05, 4.69) is 29.2 Å². The Morgan fingerprint density at radius 1 is 1.26 bits per heavy atom. The number of aromatic nitrogens is 3. The summed E-state index contributed by atoms with van der Waals surface area (Å²) in [6.45, 7) is 4.61. The molecule has 1 fully saturated rings. The van der Waals surface area contributed by atoms with E-state index in [1.54, 1.807) is 6.07 Å². The molecule has 1 aliphatic rings. The average molecular weight is 262 g/mol. The molecular weight excluding hydrogens is 243 g/mol. The molecule has 0 bridgehead atoms. The summed E-state index contributed by atoms with van der Waals surface area (Å²) in [5, 5.41) is 7.64. The summed E-state index contributed by atoms with van der Waals surface area (Å²) in [6.07, 6.45) is 4.88. The number of nitrogens with zero attached hydrogens (tertiary/aromatic N) is 3. The van der Waals surface area contributed by atoms with Gasteiger partial charge in [-0.2, -0.15) is 4.98 Å². The van der Waals surface area contributed by atoms with Gasteiger partial charge in [0.25, 0.3) is 0 Å². The van der Waals surface area contributed by atoms with Crippen LogP contribution in [0.5, 0.6) is 0 Å². The Morgan fingerprint density at radius 3 is 2.89 bits per heavy atom. The van der Waals surface area contributed by atoms with Gasteiger partial charge in [0.15, 0.2) is 5.65 Å². The van der Waals surface area contributed by atoms with Crippen LogP contribution in [0.15, 0.2) is 18.3 Å². The third-order valence-corrected chi connectivity index (χ3v) is 4.23. The Labute approximate surface area is 112 Å². The Morgan fingerprint density at radius 2 is 2.11 bits per heavy atom. The van der Waals surface area contributed by atoms with Crippen molar-refractivity contribution < 1.29 is 4.39 Å². The predicted octanol–water partition coefficient (Wildman–Crippen LogP) is 3.11. The maximum absolute atomic E-state index is 13.1. The Bertz CT molecular complexity index is 580. The normalized spacial score (nSPS) is 27.6. The topological polar surface area (TPSA) is 42.2 Å². The van der Waals surface area contributed by atoms with Crippen LogP contribution >= 0.6 is 0 Å². The van der Waals surface area contributed by atoms with Crippen LogP contribution in [0.2, 0.25) is 0 Å². The maximum atomic E-state index is 13.1. The number of pyridine rings is 1. The van der Waals surface area contributed by atoms with Crippen molar-refractivity contribution in [2.45, 2.75) is 39.2 Å². The molecule has 4 nitrogen and oxygen atoms in total. The van der Waals surface area contributed by atoms with E-state index in [-0.39, 0.29) is 5.82 Å². The van der Waals surface area contributed by atoms with Crippen molar-refractivity contribution in [2.24, 2.45) is 11.8 Å². The molecule has 3 unspecified atom stereocenters. The average Bonchev–Trinajstić information content (AvgIpc) is 2.75. The van der Waals surface area contributed by atoms with Crippen molar-refractivity contribution in [2.75, 3.05) is 5.32 Å². The SMILES string of the molecule is CC1CCC(Nc2nc3ccc(F)cn3n2)CC1C. The summed E-state index contributed by atoms with van der Waals surface area (Å²) >= 11 is 0. The van der Waals surface area contributed by atoms with Gasteiger partial charge in [0.05, 0.1) is 6.20 Å². The molecular formula is C14H19FN4. The Balaban J connectivity index is 1.74. The Kier molecular flexibility index (Phi) is 3.12. The molecule has 0 spiro atoms. The van der Waals surface area contributed by atoms with E-state index in [1.807, 2.05) is 0 Å². The fourth-order valence-electron chi connectivity index (χ4n) is 2.78. The van der Waals surface area contributed by atoms with Gasteiger partial charge in [0.2, 0.25) is 5.95 Å². The van der Waals surface area contributed by atoms with Gasteiger partial charge in [-0.3, -0.25) is 0 Å². The summed E-state index contributed by atoms with van der Waals surface area (Å²) in [4.78, 5) is 4.37. The molecule has 2 heterocycles. The molecule has 0 aliphatic heterocycles. The van der Waals surface area contributed by atoms with Gasteiger partial charge in [-0.1, -0.05) is 13.8 Å². The quantitative estimate of drug-likeness (QED) is 0.904. The second-order valence-electron chi connectivity index (χ2n) is 5.69. The van der Waals surface area contributed by atoms with E-state index in [0.29, 0.717) is 17.6 Å². The summed E-state index contributed by atoms with van der Waals surface area (Å²) in [5.41, 5.74) is 0.668. The van der Waals surface area contributed by atoms with Crippen LogP contribution in [0.4, 0.5) is 10.3 Å². The van der Waals surface area contributed by atoms with E-state index in [4.69, 9.17) is 0 Å². The first kappa shape index (κ1) is 12.4. The number of hydrogen-bond acceptors (Lipinski definition) is 3. The zero-order valence-electron chi connectivity index (χ0n) is 11.3. The van der Waals surface area contributed by atoms with Gasteiger partial charge in [0.1, 0.15) is 5.82 Å². The van der Waals surface area contributed by atoms with Gasteiger partial charge in [-0.15, -0.1) is 5.10 Å². The molecule has 5 heteroatoms. The lowest BCUT2D eigenvalue weighted by Crippen LogP contribution is -2.30. The third-order valence-electron chi connectivity index (χ3n) is 4.23. The third kappa shape index (κ3) is 2.55. The van der Waals surface area contributed by atoms with Crippen molar-refractivity contribution in [1.82, 2.24) is 14.6 Å². The first-order chi connectivity index (χ1) is 9.11. The standard InChI is InChI=1S/C14H19FN4/c1-9-3-5-12(7-10(9)2)16-14-17-13-6-4-11(15)8-19(13)18-14/h4,6,8-10,12H,3,5,7H2,1-2H3,(H,16,18). The highest BCUT2D eigenvalue weighted by molar-refractivity contribution is 5.43. The maximum Gasteiger partial charge on any atom is 0.243 e. The molecule has 1 aliphatic carbocycles. The highest BCUT2D eigenvalue weighted by atomic mass is 19.1. The summed E-state index contributed by atoms with van der Waals surface area (Å²) in [5.74, 6) is 1.81. The van der Waals surface area contributed by atoms with E-state index >= 15 is 0 Å². The molecule has 3 rings (SSSR count). The molecule has 2 aromatic heterocycles. The number of hydrogen-bond donors (Lipinski definition) is 1. The lowest BCUT2D eigenvalue weighted by molar-refractivity contribution is 0.260. The molecule has 1 saturated carbocycles. The second-order valence-corrected chi connectivity index (χ2v) is 5.69. The van der Waals surface area contributed by atoms with Crippen molar-refractivity contribution in [1.29, 1.82) is 0 Å². The van der Waals surface area contributed by atoms with Crippen LogP contribution < -0.4 is 5.32 Å². The summed E-state index contributed by atoms with van der Waals surface area (Å²) < 4.78 is 14.6. The number of nitrogens with one attached hydrogen (secondary N) is 1. The Hall–Kier alpha value is -1.65. The van der Waals surface area contributed by atoms with Crippen molar-refractivity contribution >= 4 is 11.6 Å². The number of halogens is 1. The van der Waals surface area contributed by atoms with Gasteiger partial charge < -0.3 is 5.32 Å². The minimum Gasteiger partial charge on any atom is -0.350 e. The van der Waals surface area contributed by atoms with Crippen LogP contribution in [0.1, 0.15) is 33.1 Å². The van der Waals surface area contributed by atoms with Gasteiger partial charge in [0, 0.05) is 6.04 Å². The fraction of sp³-hybridized carbons (Fsp3) is 0.571. The molecule has 3 atom stereocenters. The summed E-state index contributed by atoms with van der Waals surface area (Å²) in [6, 6.07) is 3.46. The molecule has 1 N–H and O–H groups in total. The monoisotopic (exact) mass is 262 g/mol. The molecule has 0 amide bonds. The highest BCUT2D eigenvalue weighted by Crippen LogP contribution is 2.30. The second kappa shape index (κ2) is 4.79. The van der Waals surface area contributed by atoms with E-state index in [0.717, 1.165) is 24.7 Å². The summed E-state index contributed by atoms with van der Waals surface area (Å²) in [7, 11) is 0. The molecule has 102 valence electrons. The first-order valence-electron chi connectivity index (χ1n) is 6.90. The number of anilines is 1. The zero-order valence-corrected chi connectivity index (χ0v) is 11.3. The number of fused-ring (bicyclic) bond motifs is 1. The van der Waals surface area contributed by atoms with E-state index < -0.39 is 0 Å². The van der Waals surface area contributed by atoms with Gasteiger partial charge in [-0.05, 0) is 43.2 Å². The van der Waals surface area contributed by atoms with E-state index in [1.165, 1.54) is 23.2 Å².